The predicted molar refractivity (Wildman–Crippen MR) is 148 cm³/mol. The summed E-state index contributed by atoms with van der Waals surface area (Å²) in [6.45, 7) is 8.26. The second kappa shape index (κ2) is 13.1. The van der Waals surface area contributed by atoms with Crippen LogP contribution in [0.15, 0.2) is 48.5 Å². The molecule has 0 unspecified atom stereocenters. The van der Waals surface area contributed by atoms with E-state index in [9.17, 15) is 0 Å². The van der Waals surface area contributed by atoms with Gasteiger partial charge in [-0.2, -0.15) is 0 Å². The first-order valence-electron chi connectivity index (χ1n) is 14.6. The first kappa shape index (κ1) is 26.4. The molecule has 1 aliphatic heterocycles. The molecule has 0 atom stereocenters. The Morgan fingerprint density at radius 3 is 1.86 bits per heavy atom. The van der Waals surface area contributed by atoms with Crippen LogP contribution in [-0.4, -0.2) is 13.2 Å². The van der Waals surface area contributed by atoms with Crippen molar-refractivity contribution in [3.05, 3.63) is 59.7 Å². The molecule has 1 heterocycles. The van der Waals surface area contributed by atoms with Crippen molar-refractivity contribution in [2.45, 2.75) is 110 Å². The molecule has 2 fully saturated rings. The van der Waals surface area contributed by atoms with E-state index in [2.05, 4.69) is 69.3 Å². The van der Waals surface area contributed by atoms with Gasteiger partial charge in [-0.15, -0.1) is 0 Å². The minimum absolute atomic E-state index is 0.532. The minimum Gasteiger partial charge on any atom is -0.346 e. The Labute approximate surface area is 214 Å². The first-order chi connectivity index (χ1) is 17.1. The molecule has 2 heteroatoms. The standard InChI is InChI=1S/C33H48O2/c1-4-6-7-8-9-11-27-24-34-33(3,35-25-27)32-22-20-31(21-23-32)30-18-16-29(17-19-30)28-14-12-26(10-5-2)13-15-28/h16-23,26-28H,4-15,24-25H2,1-3H3/t26-,27-,28-,33-. The van der Waals surface area contributed by atoms with Gasteiger partial charge >= 0.3 is 0 Å². The van der Waals surface area contributed by atoms with Crippen molar-refractivity contribution in [2.24, 2.45) is 11.8 Å². The lowest BCUT2D eigenvalue weighted by Crippen LogP contribution is -2.39. The van der Waals surface area contributed by atoms with Gasteiger partial charge in [-0.1, -0.05) is 107 Å². The van der Waals surface area contributed by atoms with Gasteiger partial charge in [0.2, 0.25) is 0 Å². The average molecular weight is 477 g/mol. The smallest absolute Gasteiger partial charge is 0.191 e. The zero-order valence-electron chi connectivity index (χ0n) is 22.6. The topological polar surface area (TPSA) is 18.5 Å². The van der Waals surface area contributed by atoms with Gasteiger partial charge in [-0.05, 0) is 67.6 Å². The highest BCUT2D eigenvalue weighted by atomic mass is 16.7. The van der Waals surface area contributed by atoms with Crippen LogP contribution >= 0.6 is 0 Å². The summed E-state index contributed by atoms with van der Waals surface area (Å²) < 4.78 is 12.5. The lowest BCUT2D eigenvalue weighted by atomic mass is 9.77. The summed E-state index contributed by atoms with van der Waals surface area (Å²) in [5, 5.41) is 0. The molecule has 1 saturated heterocycles. The third-order valence-electron chi connectivity index (χ3n) is 8.57. The Morgan fingerprint density at radius 1 is 0.657 bits per heavy atom. The third-order valence-corrected chi connectivity index (χ3v) is 8.57. The van der Waals surface area contributed by atoms with Crippen LogP contribution in [0.5, 0.6) is 0 Å². The maximum absolute atomic E-state index is 6.27. The molecule has 1 saturated carbocycles. The Kier molecular flexibility index (Phi) is 9.86. The maximum atomic E-state index is 6.27. The van der Waals surface area contributed by atoms with Crippen LogP contribution in [0.25, 0.3) is 11.1 Å². The van der Waals surface area contributed by atoms with Gasteiger partial charge < -0.3 is 9.47 Å². The predicted octanol–water partition coefficient (Wildman–Crippen LogP) is 9.62. The molecule has 192 valence electrons. The molecule has 4 rings (SSSR count). The van der Waals surface area contributed by atoms with Gasteiger partial charge in [-0.25, -0.2) is 0 Å². The molecule has 0 aromatic heterocycles. The molecule has 2 nitrogen and oxygen atoms in total. The van der Waals surface area contributed by atoms with Crippen LogP contribution < -0.4 is 0 Å². The van der Waals surface area contributed by atoms with Gasteiger partial charge in [0.1, 0.15) is 0 Å². The molecular formula is C33H48O2. The summed E-state index contributed by atoms with van der Waals surface area (Å²) in [5.74, 6) is 1.62. The molecule has 35 heavy (non-hydrogen) atoms. The summed E-state index contributed by atoms with van der Waals surface area (Å²) in [4.78, 5) is 0. The van der Waals surface area contributed by atoms with E-state index in [4.69, 9.17) is 9.47 Å². The number of unbranched alkanes of at least 4 members (excludes halogenated alkanes) is 4. The molecule has 0 radical (unpaired) electrons. The number of benzene rings is 2. The van der Waals surface area contributed by atoms with Gasteiger partial charge in [0.05, 0.1) is 13.2 Å². The van der Waals surface area contributed by atoms with Crippen LogP contribution in [-0.2, 0) is 15.3 Å². The van der Waals surface area contributed by atoms with Gasteiger partial charge in [0.15, 0.2) is 5.79 Å². The van der Waals surface area contributed by atoms with Crippen molar-refractivity contribution >= 4 is 0 Å². The zero-order chi connectivity index (χ0) is 24.5. The van der Waals surface area contributed by atoms with E-state index >= 15 is 0 Å². The second-order valence-electron chi connectivity index (χ2n) is 11.3. The number of ether oxygens (including phenoxy) is 2. The van der Waals surface area contributed by atoms with Crippen LogP contribution in [0.2, 0.25) is 0 Å². The van der Waals surface area contributed by atoms with Crippen molar-refractivity contribution in [3.8, 4) is 11.1 Å². The third kappa shape index (κ3) is 7.20. The van der Waals surface area contributed by atoms with Crippen molar-refractivity contribution in [1.29, 1.82) is 0 Å². The van der Waals surface area contributed by atoms with Gasteiger partial charge in [0, 0.05) is 11.5 Å². The van der Waals surface area contributed by atoms with Crippen LogP contribution in [0, 0.1) is 11.8 Å². The van der Waals surface area contributed by atoms with Crippen LogP contribution in [0.1, 0.15) is 115 Å². The normalized spacial score (nSPS) is 27.1. The van der Waals surface area contributed by atoms with E-state index in [0.717, 1.165) is 30.6 Å². The van der Waals surface area contributed by atoms with Crippen molar-refractivity contribution in [1.82, 2.24) is 0 Å². The molecule has 0 N–H and O–H groups in total. The highest BCUT2D eigenvalue weighted by Crippen LogP contribution is 2.38. The fraction of sp³-hybridized carbons (Fsp3) is 0.636. The Morgan fingerprint density at radius 2 is 1.26 bits per heavy atom. The minimum atomic E-state index is -0.627. The van der Waals surface area contributed by atoms with Crippen molar-refractivity contribution < 1.29 is 9.47 Å². The van der Waals surface area contributed by atoms with Gasteiger partial charge in [-0.3, -0.25) is 0 Å². The Hall–Kier alpha value is -1.64. The summed E-state index contributed by atoms with van der Waals surface area (Å²) >= 11 is 0. The zero-order valence-corrected chi connectivity index (χ0v) is 22.6. The second-order valence-corrected chi connectivity index (χ2v) is 11.3. The lowest BCUT2D eigenvalue weighted by Gasteiger charge is -2.38. The fourth-order valence-electron chi connectivity index (χ4n) is 6.12. The van der Waals surface area contributed by atoms with Gasteiger partial charge in [0.25, 0.3) is 0 Å². The molecule has 2 aromatic rings. The molecular weight excluding hydrogens is 428 g/mol. The molecule has 1 aliphatic carbocycles. The maximum Gasteiger partial charge on any atom is 0.191 e. The van der Waals surface area contributed by atoms with Crippen molar-refractivity contribution in [2.75, 3.05) is 13.2 Å². The van der Waals surface area contributed by atoms with E-state index < -0.39 is 5.79 Å². The van der Waals surface area contributed by atoms with Crippen molar-refractivity contribution in [3.63, 3.8) is 0 Å². The lowest BCUT2D eigenvalue weighted by molar-refractivity contribution is -0.282. The summed E-state index contributed by atoms with van der Waals surface area (Å²) in [6, 6.07) is 18.2. The number of hydrogen-bond donors (Lipinski definition) is 0. The Balaban J connectivity index is 1.28. The highest BCUT2D eigenvalue weighted by molar-refractivity contribution is 5.64. The van der Waals surface area contributed by atoms with E-state index in [-0.39, 0.29) is 0 Å². The monoisotopic (exact) mass is 476 g/mol. The largest absolute Gasteiger partial charge is 0.346 e. The van der Waals surface area contributed by atoms with E-state index in [1.165, 1.54) is 93.7 Å². The van der Waals surface area contributed by atoms with Crippen LogP contribution in [0.4, 0.5) is 0 Å². The molecule has 2 aliphatic rings. The summed E-state index contributed by atoms with van der Waals surface area (Å²) in [5.41, 5.74) is 5.19. The molecule has 2 aromatic carbocycles. The quantitative estimate of drug-likeness (QED) is 0.300. The summed E-state index contributed by atoms with van der Waals surface area (Å²) in [6.07, 6.45) is 16.1. The van der Waals surface area contributed by atoms with E-state index in [1.54, 1.807) is 0 Å². The first-order valence-corrected chi connectivity index (χ1v) is 14.6. The fourth-order valence-corrected chi connectivity index (χ4v) is 6.12. The van der Waals surface area contributed by atoms with E-state index in [0.29, 0.717) is 5.92 Å². The van der Waals surface area contributed by atoms with Crippen LogP contribution in [0.3, 0.4) is 0 Å². The molecule has 0 amide bonds. The number of rotatable bonds is 11. The van der Waals surface area contributed by atoms with E-state index in [1.807, 2.05) is 0 Å². The highest BCUT2D eigenvalue weighted by Gasteiger charge is 2.34. The SMILES string of the molecule is CCCCCCC[C@H]1CO[C@](C)(c2ccc(-c3ccc([C@H]4CC[C@H](CCC)CC4)cc3)cc2)OC1. The Bertz CT molecular complexity index is 853. The summed E-state index contributed by atoms with van der Waals surface area (Å²) in [7, 11) is 0. The number of hydrogen-bond acceptors (Lipinski definition) is 2. The average Bonchev–Trinajstić information content (AvgIpc) is 2.91. The molecule has 0 spiro atoms. The molecule has 0 bridgehead atoms.